The first kappa shape index (κ1) is 35.5. The van der Waals surface area contributed by atoms with Crippen LogP contribution in [0.1, 0.15) is 23.7 Å². The molecule has 1 aliphatic rings. The third-order valence-corrected chi connectivity index (χ3v) is 7.92. The van der Waals surface area contributed by atoms with Crippen LogP contribution in [0.2, 0.25) is 5.02 Å². The van der Waals surface area contributed by atoms with Crippen LogP contribution in [0.25, 0.3) is 10.9 Å². The summed E-state index contributed by atoms with van der Waals surface area (Å²) in [5.74, 6) is -0.636. The lowest BCUT2D eigenvalue weighted by atomic mass is 10.1. The number of carboxylic acid groups (broad SMARTS) is 1. The lowest BCUT2D eigenvalue weighted by molar-refractivity contribution is -0.122. The van der Waals surface area contributed by atoms with Crippen molar-refractivity contribution in [3.63, 3.8) is 0 Å². The maximum atomic E-state index is 12.8. The zero-order valence-electron chi connectivity index (χ0n) is 21.5. The zero-order valence-corrected chi connectivity index (χ0v) is 25.5. The van der Waals surface area contributed by atoms with E-state index in [1.54, 1.807) is 18.2 Å². The van der Waals surface area contributed by atoms with Gasteiger partial charge in [0, 0.05) is 43.8 Å². The maximum absolute atomic E-state index is 12.8. The van der Waals surface area contributed by atoms with E-state index in [0.717, 1.165) is 6.42 Å². The minimum Gasteiger partial charge on any atom is -0.478 e. The molecule has 0 aliphatic carbocycles. The molecule has 15 heteroatoms. The van der Waals surface area contributed by atoms with Crippen LogP contribution in [0.15, 0.2) is 53.4 Å². The number of anilines is 2. The molecular formula is C25H31Cl4N5O5S. The predicted molar refractivity (Wildman–Crippen MR) is 165 cm³/mol. The summed E-state index contributed by atoms with van der Waals surface area (Å²) in [7, 11) is -3.98. The van der Waals surface area contributed by atoms with Crippen molar-refractivity contribution in [3.8, 4) is 0 Å². The number of hydrogen-bond donors (Lipinski definition) is 3. The van der Waals surface area contributed by atoms with Gasteiger partial charge in [-0.05, 0) is 42.8 Å². The number of nitrogens with one attached hydrogen (secondary N) is 2. The van der Waals surface area contributed by atoms with Gasteiger partial charge in [-0.15, -0.1) is 37.2 Å². The van der Waals surface area contributed by atoms with Crippen LogP contribution in [-0.4, -0.2) is 74.6 Å². The Morgan fingerprint density at radius 1 is 1.02 bits per heavy atom. The van der Waals surface area contributed by atoms with Crippen molar-refractivity contribution in [2.24, 2.45) is 0 Å². The molecule has 3 N–H and O–H groups in total. The van der Waals surface area contributed by atoms with Crippen molar-refractivity contribution in [3.05, 3.63) is 59.1 Å². The molecule has 4 rings (SSSR count). The third-order valence-electron chi connectivity index (χ3n) is 6.04. The van der Waals surface area contributed by atoms with Crippen LogP contribution >= 0.6 is 48.8 Å². The summed E-state index contributed by atoms with van der Waals surface area (Å²) in [4.78, 5) is 32.7. The monoisotopic (exact) mass is 653 g/mol. The highest BCUT2D eigenvalue weighted by molar-refractivity contribution is 7.92. The minimum absolute atomic E-state index is 0. The predicted octanol–water partition coefficient (Wildman–Crippen LogP) is 4.30. The Bertz CT molecular complexity index is 1440. The number of carbonyl (C=O) groups is 2. The van der Waals surface area contributed by atoms with Gasteiger partial charge in [-0.2, -0.15) is 0 Å². The van der Waals surface area contributed by atoms with Gasteiger partial charge in [0.25, 0.3) is 10.0 Å². The molecule has 0 spiro atoms. The maximum Gasteiger partial charge on any atom is 0.336 e. The van der Waals surface area contributed by atoms with E-state index in [0.29, 0.717) is 56.0 Å². The summed E-state index contributed by atoms with van der Waals surface area (Å²) in [6, 6.07) is 12.1. The Kier molecular flexibility index (Phi) is 13.7. The van der Waals surface area contributed by atoms with Crippen LogP contribution in [0.5, 0.6) is 0 Å². The number of benzene rings is 2. The molecule has 1 aliphatic heterocycles. The molecule has 2 aromatic carbocycles. The van der Waals surface area contributed by atoms with Gasteiger partial charge < -0.3 is 15.3 Å². The molecule has 0 unspecified atom stereocenters. The van der Waals surface area contributed by atoms with Crippen molar-refractivity contribution in [2.45, 2.75) is 18.2 Å². The number of fused-ring (bicyclic) bond motifs is 1. The smallest absolute Gasteiger partial charge is 0.336 e. The first-order valence-electron chi connectivity index (χ1n) is 11.9. The molecule has 2 heterocycles. The fourth-order valence-electron chi connectivity index (χ4n) is 4.15. The molecule has 1 amide bonds. The lowest BCUT2D eigenvalue weighted by Crippen LogP contribution is -2.49. The number of nitrogens with zero attached hydrogens (tertiary/aromatic N) is 3. The average Bonchev–Trinajstić information content (AvgIpc) is 2.87. The first-order valence-corrected chi connectivity index (χ1v) is 13.7. The van der Waals surface area contributed by atoms with E-state index in [2.05, 4.69) is 19.9 Å². The molecule has 40 heavy (non-hydrogen) atoms. The fourth-order valence-corrected chi connectivity index (χ4v) is 5.72. The van der Waals surface area contributed by atoms with Gasteiger partial charge in [-0.25, -0.2) is 18.2 Å². The summed E-state index contributed by atoms with van der Waals surface area (Å²) in [5.41, 5.74) is 0.636. The Morgan fingerprint density at radius 2 is 1.70 bits per heavy atom. The molecule has 0 bridgehead atoms. The minimum atomic E-state index is -3.98. The molecule has 1 saturated heterocycles. The number of sulfonamides is 1. The molecule has 3 aromatic rings. The number of carboxylic acids is 1. The summed E-state index contributed by atoms with van der Waals surface area (Å²) in [6.07, 6.45) is 0.883. The molecule has 10 nitrogen and oxygen atoms in total. The number of aromatic carboxylic acids is 1. The molecule has 0 atom stereocenters. The number of halogens is 4. The largest absolute Gasteiger partial charge is 0.478 e. The second-order valence-corrected chi connectivity index (χ2v) is 10.8. The van der Waals surface area contributed by atoms with Crippen LogP contribution in [-0.2, 0) is 14.8 Å². The molecule has 220 valence electrons. The van der Waals surface area contributed by atoms with Gasteiger partial charge in [-0.1, -0.05) is 30.7 Å². The van der Waals surface area contributed by atoms with Crippen molar-refractivity contribution >= 4 is 93.1 Å². The van der Waals surface area contributed by atoms with Crippen molar-refractivity contribution in [1.29, 1.82) is 0 Å². The number of amides is 1. The van der Waals surface area contributed by atoms with Gasteiger partial charge in [0.15, 0.2) is 0 Å². The second-order valence-electron chi connectivity index (χ2n) is 8.71. The van der Waals surface area contributed by atoms with Gasteiger partial charge >= 0.3 is 5.97 Å². The van der Waals surface area contributed by atoms with Gasteiger partial charge in [0.2, 0.25) is 5.91 Å². The highest BCUT2D eigenvalue weighted by Crippen LogP contribution is 2.29. The Hall–Kier alpha value is -2.54. The van der Waals surface area contributed by atoms with Gasteiger partial charge in [0.05, 0.1) is 22.6 Å². The lowest BCUT2D eigenvalue weighted by Gasteiger charge is -2.35. The number of piperazine rings is 1. The van der Waals surface area contributed by atoms with Crippen molar-refractivity contribution in [2.75, 3.05) is 48.9 Å². The van der Waals surface area contributed by atoms with E-state index in [1.165, 1.54) is 30.3 Å². The summed E-state index contributed by atoms with van der Waals surface area (Å²) < 4.78 is 28.1. The molecule has 1 aromatic heterocycles. The first-order chi connectivity index (χ1) is 17.7. The average molecular weight is 655 g/mol. The quantitative estimate of drug-likeness (QED) is 0.311. The number of hydrogen-bond acceptors (Lipinski definition) is 7. The second kappa shape index (κ2) is 15.5. The van der Waals surface area contributed by atoms with E-state index in [4.69, 9.17) is 11.6 Å². The number of aromatic nitrogens is 1. The number of rotatable bonds is 9. The van der Waals surface area contributed by atoms with E-state index < -0.39 is 16.0 Å². The Morgan fingerprint density at radius 3 is 2.33 bits per heavy atom. The number of pyridine rings is 1. The topological polar surface area (TPSA) is 132 Å². The Labute approximate surface area is 256 Å². The van der Waals surface area contributed by atoms with E-state index in [1.807, 2.05) is 11.8 Å². The third kappa shape index (κ3) is 8.48. The highest BCUT2D eigenvalue weighted by atomic mass is 35.5. The SMILES string of the molecule is CCCNC(=O)CN1CCN(c2cc(C(=O)O)c3cc(NS(=O)(=O)c4ccccc4Cl)ccc3n2)CC1.Cl.Cl.Cl. The van der Waals surface area contributed by atoms with Gasteiger partial charge in [-0.3, -0.25) is 14.4 Å². The van der Waals surface area contributed by atoms with E-state index in [-0.39, 0.29) is 64.3 Å². The highest BCUT2D eigenvalue weighted by Gasteiger charge is 2.23. The van der Waals surface area contributed by atoms with Crippen molar-refractivity contribution in [1.82, 2.24) is 15.2 Å². The molecule has 0 saturated carbocycles. The summed E-state index contributed by atoms with van der Waals surface area (Å²) in [6.45, 7) is 5.45. The molecule has 0 radical (unpaired) electrons. The zero-order chi connectivity index (χ0) is 26.6. The van der Waals surface area contributed by atoms with Crippen molar-refractivity contribution < 1.29 is 23.1 Å². The number of carbonyl (C=O) groups excluding carboxylic acids is 1. The van der Waals surface area contributed by atoms with Crippen LogP contribution in [0, 0.1) is 0 Å². The Balaban J connectivity index is 0.00000267. The molecular weight excluding hydrogens is 624 g/mol. The normalized spacial score (nSPS) is 13.4. The van der Waals surface area contributed by atoms with E-state index in [9.17, 15) is 23.1 Å². The van der Waals surface area contributed by atoms with Gasteiger partial charge in [0.1, 0.15) is 10.7 Å². The van der Waals surface area contributed by atoms with Crippen LogP contribution in [0.4, 0.5) is 11.5 Å². The molecule has 1 fully saturated rings. The summed E-state index contributed by atoms with van der Waals surface area (Å²) >= 11 is 6.05. The standard InChI is InChI=1S/C25H28ClN5O5S.3ClH/c1-2-9-27-24(32)16-30-10-12-31(13-11-30)23-15-19(25(33)34)18-14-17(7-8-21(18)28-23)29-37(35,36)22-6-4-3-5-20(22)26;;;/h3-8,14-15,29H,2,9-13,16H2,1H3,(H,27,32)(H,33,34);3*1H. The summed E-state index contributed by atoms with van der Waals surface area (Å²) in [5, 5.41) is 13.2. The van der Waals surface area contributed by atoms with E-state index >= 15 is 0 Å². The van der Waals surface area contributed by atoms with Crippen LogP contribution < -0.4 is 14.9 Å². The van der Waals surface area contributed by atoms with Crippen LogP contribution in [0.3, 0.4) is 0 Å². The fraction of sp³-hybridized carbons (Fsp3) is 0.320.